The molecule has 1 aliphatic rings. The van der Waals surface area contributed by atoms with Gasteiger partial charge in [0.25, 0.3) is 0 Å². The van der Waals surface area contributed by atoms with Gasteiger partial charge in [-0.25, -0.2) is 8.42 Å². The fraction of sp³-hybridized carbons (Fsp3) is 0.350. The number of nitrogens with zero attached hydrogens (tertiary/aromatic N) is 2. The van der Waals surface area contributed by atoms with Crippen molar-refractivity contribution in [2.75, 3.05) is 5.32 Å². The van der Waals surface area contributed by atoms with Crippen molar-refractivity contribution in [2.45, 2.75) is 44.6 Å². The van der Waals surface area contributed by atoms with Crippen LogP contribution < -0.4 is 10.0 Å². The summed E-state index contributed by atoms with van der Waals surface area (Å²) in [5.41, 5.74) is 2.49. The summed E-state index contributed by atoms with van der Waals surface area (Å²) in [6.07, 6.45) is 0. The average Bonchev–Trinajstić information content (AvgIpc) is 3.14. The molecule has 0 fully saturated rings. The average molecular weight is 433 g/mol. The lowest BCUT2D eigenvalue weighted by atomic mass is 10.00. The zero-order valence-electron chi connectivity index (χ0n) is 16.7. The largest absolute Gasteiger partial charge is 0.324 e. The number of amides is 1. The van der Waals surface area contributed by atoms with E-state index in [1.54, 1.807) is 26.0 Å². The summed E-state index contributed by atoms with van der Waals surface area (Å²) in [4.78, 5) is 13.0. The van der Waals surface area contributed by atoms with E-state index in [2.05, 4.69) is 18.8 Å². The van der Waals surface area contributed by atoms with Crippen LogP contribution in [0.3, 0.4) is 0 Å². The lowest BCUT2D eigenvalue weighted by Gasteiger charge is -2.23. The smallest absolute Gasteiger partial charge is 0.243 e. The van der Waals surface area contributed by atoms with Crippen molar-refractivity contribution >= 4 is 44.3 Å². The molecule has 0 spiro atoms. The summed E-state index contributed by atoms with van der Waals surface area (Å²) in [5, 5.41) is 2.89. The maximum atomic E-state index is 13.0. The molecule has 0 bridgehead atoms. The Morgan fingerprint density at radius 3 is 2.41 bits per heavy atom. The Balaban J connectivity index is 1.87. The van der Waals surface area contributed by atoms with Crippen LogP contribution in [-0.2, 0) is 26.2 Å². The number of para-hydroxylation sites is 1. The third kappa shape index (κ3) is 4.63. The minimum atomic E-state index is -3.97. The number of benzene rings is 2. The van der Waals surface area contributed by atoms with Gasteiger partial charge in [-0.3, -0.25) is 4.79 Å². The molecule has 1 atom stereocenters. The quantitative estimate of drug-likeness (QED) is 0.576. The van der Waals surface area contributed by atoms with Gasteiger partial charge in [-0.2, -0.15) is 13.4 Å². The number of hydrogen-bond acceptors (Lipinski definition) is 5. The number of hydrogen-bond donors (Lipinski definition) is 2. The van der Waals surface area contributed by atoms with Crippen molar-refractivity contribution in [3.8, 4) is 0 Å². The predicted octanol–water partition coefficient (Wildman–Crippen LogP) is 4.48. The molecule has 7 nitrogen and oxygen atoms in total. The standard InChI is InChI=1S/C20H24N4O3S2/c1-12(2)14-8-5-6-9-15(14)21-20(25)18(13(3)4)24-29(26,27)17-11-7-10-16-19(17)23-28-22-16/h5-13,18,24H,1-4H3,(H,21,25)/t18-/m0/s1. The SMILES string of the molecule is CC(C)c1ccccc1NC(=O)[C@@H](NS(=O)(=O)c1cccc2c1N=S=N2)C(C)C. The highest BCUT2D eigenvalue weighted by Gasteiger charge is 2.31. The number of anilines is 1. The van der Waals surface area contributed by atoms with Gasteiger partial charge >= 0.3 is 0 Å². The van der Waals surface area contributed by atoms with Crippen molar-refractivity contribution < 1.29 is 13.2 Å². The maximum absolute atomic E-state index is 13.0. The van der Waals surface area contributed by atoms with Gasteiger partial charge in [0.05, 0.1) is 11.4 Å². The third-order valence-corrected chi connectivity index (χ3v) is 6.63. The molecule has 2 aromatic rings. The third-order valence-electron chi connectivity index (χ3n) is 4.61. The number of carbonyl (C=O) groups excluding carboxylic acids is 1. The van der Waals surface area contributed by atoms with Crippen LogP contribution in [0.15, 0.2) is 56.1 Å². The highest BCUT2D eigenvalue weighted by Crippen LogP contribution is 2.37. The Labute approximate surface area is 174 Å². The molecule has 3 rings (SSSR count). The van der Waals surface area contributed by atoms with Gasteiger partial charge in [-0.1, -0.05) is 52.0 Å². The second-order valence-corrected chi connectivity index (χ2v) is 9.67. The molecule has 0 saturated carbocycles. The van der Waals surface area contributed by atoms with E-state index in [0.717, 1.165) is 16.9 Å². The molecule has 1 heterocycles. The van der Waals surface area contributed by atoms with Gasteiger partial charge in [0.1, 0.15) is 22.3 Å². The van der Waals surface area contributed by atoms with Crippen molar-refractivity contribution in [1.29, 1.82) is 0 Å². The van der Waals surface area contributed by atoms with Gasteiger partial charge in [0.2, 0.25) is 15.9 Å². The lowest BCUT2D eigenvalue weighted by molar-refractivity contribution is -0.118. The molecule has 0 aliphatic carbocycles. The monoisotopic (exact) mass is 432 g/mol. The van der Waals surface area contributed by atoms with E-state index in [9.17, 15) is 13.2 Å². The predicted molar refractivity (Wildman–Crippen MR) is 116 cm³/mol. The maximum Gasteiger partial charge on any atom is 0.243 e. The fourth-order valence-electron chi connectivity index (χ4n) is 3.05. The molecular weight excluding hydrogens is 408 g/mol. The van der Waals surface area contributed by atoms with Gasteiger partial charge < -0.3 is 5.32 Å². The van der Waals surface area contributed by atoms with Crippen molar-refractivity contribution in [2.24, 2.45) is 14.6 Å². The van der Waals surface area contributed by atoms with E-state index in [1.165, 1.54) is 6.07 Å². The van der Waals surface area contributed by atoms with Crippen LogP contribution in [0.2, 0.25) is 0 Å². The van der Waals surface area contributed by atoms with E-state index in [0.29, 0.717) is 17.1 Å². The summed E-state index contributed by atoms with van der Waals surface area (Å²) in [6.45, 7) is 7.67. The number of sulfonamides is 1. The van der Waals surface area contributed by atoms with E-state index in [1.807, 2.05) is 38.1 Å². The molecule has 154 valence electrons. The second kappa shape index (κ2) is 8.56. The number of fused-ring (bicyclic) bond motifs is 1. The van der Waals surface area contributed by atoms with E-state index in [4.69, 9.17) is 0 Å². The van der Waals surface area contributed by atoms with Gasteiger partial charge in [0.15, 0.2) is 0 Å². The summed E-state index contributed by atoms with van der Waals surface area (Å²) in [6, 6.07) is 11.4. The molecule has 2 N–H and O–H groups in total. The number of rotatable bonds is 7. The normalized spacial score (nSPS) is 14.0. The number of nitrogens with one attached hydrogen (secondary N) is 2. The Kier molecular flexibility index (Phi) is 6.30. The highest BCUT2D eigenvalue weighted by molar-refractivity contribution is 7.89. The summed E-state index contributed by atoms with van der Waals surface area (Å²) in [7, 11) is -3.97. The Hall–Kier alpha value is -2.36. The summed E-state index contributed by atoms with van der Waals surface area (Å²) >= 11 is 0.949. The number of carbonyl (C=O) groups is 1. The molecule has 0 aromatic heterocycles. The van der Waals surface area contributed by atoms with Crippen LogP contribution in [0, 0.1) is 5.92 Å². The molecule has 29 heavy (non-hydrogen) atoms. The summed E-state index contributed by atoms with van der Waals surface area (Å²) in [5.74, 6) is -0.445. The van der Waals surface area contributed by atoms with E-state index >= 15 is 0 Å². The Bertz CT molecular complexity index is 1100. The van der Waals surface area contributed by atoms with Crippen LogP contribution in [0.1, 0.15) is 39.2 Å². The molecule has 2 aromatic carbocycles. The minimum absolute atomic E-state index is 0.0183. The van der Waals surface area contributed by atoms with Gasteiger partial charge in [-0.15, -0.1) is 0 Å². The topological polar surface area (TPSA) is 100.0 Å². The van der Waals surface area contributed by atoms with Crippen molar-refractivity contribution in [3.63, 3.8) is 0 Å². The first-order valence-corrected chi connectivity index (χ1v) is 11.6. The van der Waals surface area contributed by atoms with Crippen LogP contribution in [0.25, 0.3) is 0 Å². The molecule has 9 heteroatoms. The van der Waals surface area contributed by atoms with Gasteiger partial charge in [0, 0.05) is 5.69 Å². The van der Waals surface area contributed by atoms with Crippen LogP contribution in [0.5, 0.6) is 0 Å². The lowest BCUT2D eigenvalue weighted by Crippen LogP contribution is -2.47. The van der Waals surface area contributed by atoms with Crippen molar-refractivity contribution in [3.05, 3.63) is 48.0 Å². The first-order valence-electron chi connectivity index (χ1n) is 9.34. The fourth-order valence-corrected chi connectivity index (χ4v) is 5.16. The Morgan fingerprint density at radius 2 is 1.72 bits per heavy atom. The molecule has 0 radical (unpaired) electrons. The van der Waals surface area contributed by atoms with E-state index in [-0.39, 0.29) is 16.7 Å². The zero-order chi connectivity index (χ0) is 21.2. The molecule has 1 aliphatic heterocycles. The summed E-state index contributed by atoms with van der Waals surface area (Å²) < 4.78 is 36.8. The first-order chi connectivity index (χ1) is 13.7. The van der Waals surface area contributed by atoms with Crippen LogP contribution in [0.4, 0.5) is 17.1 Å². The van der Waals surface area contributed by atoms with Crippen molar-refractivity contribution in [1.82, 2.24) is 4.72 Å². The molecular formula is C20H24N4O3S2. The molecule has 1 amide bonds. The van der Waals surface area contributed by atoms with Crippen LogP contribution in [-0.4, -0.2) is 20.4 Å². The van der Waals surface area contributed by atoms with Crippen LogP contribution >= 0.6 is 0 Å². The zero-order valence-corrected chi connectivity index (χ0v) is 18.3. The first kappa shape index (κ1) is 21.4. The Morgan fingerprint density at radius 1 is 1.00 bits per heavy atom. The van der Waals surface area contributed by atoms with Gasteiger partial charge in [-0.05, 0) is 35.6 Å². The van der Waals surface area contributed by atoms with E-state index < -0.39 is 22.0 Å². The minimum Gasteiger partial charge on any atom is -0.324 e. The molecule has 0 unspecified atom stereocenters. The highest BCUT2D eigenvalue weighted by atomic mass is 32.2. The molecule has 0 saturated heterocycles. The second-order valence-electron chi connectivity index (χ2n) is 7.46.